The second kappa shape index (κ2) is 11.9. The minimum Gasteiger partial charge on any atom is -0.483 e. The van der Waals surface area contributed by atoms with Crippen molar-refractivity contribution in [1.82, 2.24) is 5.43 Å². The maximum absolute atomic E-state index is 12.1. The number of hydrogen-bond acceptors (Lipinski definition) is 8. The van der Waals surface area contributed by atoms with E-state index in [1.54, 1.807) is 30.3 Å². The van der Waals surface area contributed by atoms with Crippen molar-refractivity contribution in [1.29, 1.82) is 0 Å². The smallest absolute Gasteiger partial charge is 0.336 e. The van der Waals surface area contributed by atoms with E-state index in [9.17, 15) is 19.7 Å². The third kappa shape index (κ3) is 7.39. The summed E-state index contributed by atoms with van der Waals surface area (Å²) in [5.74, 6) is -0.217. The van der Waals surface area contributed by atoms with Crippen LogP contribution in [-0.2, 0) is 9.59 Å². The lowest BCUT2D eigenvalue weighted by molar-refractivity contribution is -0.385. The molecular weight excluding hydrogens is 578 g/mol. The fourth-order valence-corrected chi connectivity index (χ4v) is 3.32. The second-order valence-corrected chi connectivity index (χ2v) is 8.18. The van der Waals surface area contributed by atoms with Gasteiger partial charge in [0.1, 0.15) is 17.3 Å². The van der Waals surface area contributed by atoms with Crippen LogP contribution in [0.1, 0.15) is 11.3 Å². The SMILES string of the molecule is O=C(COc1ccc([N+](=O)[O-])cc1Br)N/N=C/c1cc(Br)ccc1OC(=O)/C=C/c1ccco1. The van der Waals surface area contributed by atoms with Crippen LogP contribution in [0.4, 0.5) is 5.69 Å². The number of nitrogens with one attached hydrogen (secondary N) is 1. The molecule has 0 unspecified atom stereocenters. The van der Waals surface area contributed by atoms with E-state index < -0.39 is 16.8 Å². The second-order valence-electron chi connectivity index (χ2n) is 6.41. The summed E-state index contributed by atoms with van der Waals surface area (Å²) in [6.07, 6.45) is 5.48. The number of ether oxygens (including phenoxy) is 2. The first-order valence-corrected chi connectivity index (χ1v) is 11.0. The largest absolute Gasteiger partial charge is 0.483 e. The van der Waals surface area contributed by atoms with Crippen molar-refractivity contribution in [3.05, 3.63) is 91.3 Å². The topological polar surface area (TPSA) is 133 Å². The number of nitro benzene ring substituents is 1. The van der Waals surface area contributed by atoms with Gasteiger partial charge in [0.05, 0.1) is 21.9 Å². The molecule has 174 valence electrons. The average Bonchev–Trinajstić information content (AvgIpc) is 3.32. The summed E-state index contributed by atoms with van der Waals surface area (Å²) < 4.78 is 16.8. The third-order valence-corrected chi connectivity index (χ3v) is 5.10. The van der Waals surface area contributed by atoms with Crippen LogP contribution >= 0.6 is 31.9 Å². The summed E-state index contributed by atoms with van der Waals surface area (Å²) in [5.41, 5.74) is 2.60. The van der Waals surface area contributed by atoms with Gasteiger partial charge >= 0.3 is 5.97 Å². The average molecular weight is 593 g/mol. The highest BCUT2D eigenvalue weighted by molar-refractivity contribution is 9.10. The van der Waals surface area contributed by atoms with Gasteiger partial charge in [-0.15, -0.1) is 0 Å². The van der Waals surface area contributed by atoms with Crippen molar-refractivity contribution in [3.63, 3.8) is 0 Å². The minimum atomic E-state index is -0.625. The van der Waals surface area contributed by atoms with E-state index in [0.717, 1.165) is 0 Å². The van der Waals surface area contributed by atoms with Gasteiger partial charge in [0, 0.05) is 28.2 Å². The lowest BCUT2D eigenvalue weighted by Gasteiger charge is -2.07. The van der Waals surface area contributed by atoms with Crippen molar-refractivity contribution in [3.8, 4) is 11.5 Å². The Bertz CT molecular complexity index is 1260. The molecule has 0 saturated carbocycles. The molecule has 1 heterocycles. The van der Waals surface area contributed by atoms with Crippen LogP contribution in [0.25, 0.3) is 6.08 Å². The van der Waals surface area contributed by atoms with Gasteiger partial charge in [-0.25, -0.2) is 10.2 Å². The summed E-state index contributed by atoms with van der Waals surface area (Å²) in [5, 5.41) is 14.6. The van der Waals surface area contributed by atoms with E-state index in [1.165, 1.54) is 42.8 Å². The maximum Gasteiger partial charge on any atom is 0.336 e. The lowest BCUT2D eigenvalue weighted by Crippen LogP contribution is -2.24. The molecule has 1 aromatic heterocycles. The van der Waals surface area contributed by atoms with Crippen LogP contribution in [0.2, 0.25) is 0 Å². The van der Waals surface area contributed by atoms with Crippen molar-refractivity contribution in [2.45, 2.75) is 0 Å². The van der Waals surface area contributed by atoms with E-state index in [0.29, 0.717) is 20.3 Å². The van der Waals surface area contributed by atoms with Gasteiger partial charge in [0.2, 0.25) is 0 Å². The normalized spacial score (nSPS) is 11.0. The van der Waals surface area contributed by atoms with Crippen LogP contribution in [0.5, 0.6) is 11.5 Å². The Morgan fingerprint density at radius 3 is 2.65 bits per heavy atom. The highest BCUT2D eigenvalue weighted by Crippen LogP contribution is 2.29. The molecule has 0 bridgehead atoms. The number of non-ortho nitro benzene ring substituents is 1. The van der Waals surface area contributed by atoms with E-state index in [1.807, 2.05) is 0 Å². The first-order valence-electron chi connectivity index (χ1n) is 9.43. The molecule has 0 saturated heterocycles. The first kappa shape index (κ1) is 24.9. The third-order valence-electron chi connectivity index (χ3n) is 3.99. The molecule has 3 aromatic rings. The molecule has 0 spiro atoms. The van der Waals surface area contributed by atoms with Gasteiger partial charge in [-0.2, -0.15) is 5.10 Å². The monoisotopic (exact) mass is 591 g/mol. The van der Waals surface area contributed by atoms with Crippen molar-refractivity contribution in [2.24, 2.45) is 5.10 Å². The van der Waals surface area contributed by atoms with Crippen LogP contribution in [-0.4, -0.2) is 29.6 Å². The Morgan fingerprint density at radius 1 is 1.15 bits per heavy atom. The van der Waals surface area contributed by atoms with E-state index in [-0.39, 0.29) is 23.8 Å². The number of nitrogens with zero attached hydrogens (tertiary/aromatic N) is 2. The van der Waals surface area contributed by atoms with E-state index in [2.05, 4.69) is 42.4 Å². The van der Waals surface area contributed by atoms with E-state index in [4.69, 9.17) is 13.9 Å². The molecule has 10 nitrogen and oxygen atoms in total. The molecule has 3 rings (SSSR count). The molecule has 0 aliphatic heterocycles. The maximum atomic E-state index is 12.1. The van der Waals surface area contributed by atoms with E-state index >= 15 is 0 Å². The molecule has 0 aliphatic carbocycles. The van der Waals surface area contributed by atoms with Gasteiger partial charge < -0.3 is 13.9 Å². The Kier molecular flexibility index (Phi) is 8.71. The molecule has 0 atom stereocenters. The number of rotatable bonds is 9. The van der Waals surface area contributed by atoms with Crippen molar-refractivity contribution in [2.75, 3.05) is 6.61 Å². The number of carbonyl (C=O) groups excluding carboxylic acids is 2. The first-order chi connectivity index (χ1) is 16.3. The summed E-state index contributed by atoms with van der Waals surface area (Å²) in [6, 6.07) is 12.2. The van der Waals surface area contributed by atoms with Gasteiger partial charge in [-0.1, -0.05) is 15.9 Å². The van der Waals surface area contributed by atoms with Crippen molar-refractivity contribution >= 4 is 61.7 Å². The predicted molar refractivity (Wildman–Crippen MR) is 130 cm³/mol. The molecule has 0 fully saturated rings. The molecule has 12 heteroatoms. The lowest BCUT2D eigenvalue weighted by atomic mass is 10.2. The molecule has 2 aromatic carbocycles. The number of furan rings is 1. The highest BCUT2D eigenvalue weighted by atomic mass is 79.9. The Balaban J connectivity index is 1.57. The Labute approximate surface area is 209 Å². The number of nitro groups is 1. The fourth-order valence-electron chi connectivity index (χ4n) is 2.46. The highest BCUT2D eigenvalue weighted by Gasteiger charge is 2.11. The fraction of sp³-hybridized carbons (Fsp3) is 0.0455. The van der Waals surface area contributed by atoms with Gasteiger partial charge in [0.15, 0.2) is 6.61 Å². The van der Waals surface area contributed by atoms with Gasteiger partial charge in [-0.05, 0) is 58.4 Å². The molecule has 1 amide bonds. The van der Waals surface area contributed by atoms with Crippen LogP contribution in [0.3, 0.4) is 0 Å². The van der Waals surface area contributed by atoms with Crippen molar-refractivity contribution < 1.29 is 28.4 Å². The summed E-state index contributed by atoms with van der Waals surface area (Å²) in [7, 11) is 0. The zero-order valence-corrected chi connectivity index (χ0v) is 20.3. The molecule has 34 heavy (non-hydrogen) atoms. The minimum absolute atomic E-state index is 0.116. The number of amides is 1. The number of benzene rings is 2. The summed E-state index contributed by atoms with van der Waals surface area (Å²) >= 11 is 6.49. The zero-order valence-electron chi connectivity index (χ0n) is 17.1. The van der Waals surface area contributed by atoms with Gasteiger partial charge in [-0.3, -0.25) is 14.9 Å². The standard InChI is InChI=1S/C22H15Br2N3O7/c23-15-3-6-19(34-22(29)8-5-17-2-1-9-32-17)14(10-15)12-25-26-21(28)13-33-20-7-4-16(27(30)31)11-18(20)24/h1-12H,13H2,(H,26,28)/b8-5+,25-12+. The van der Waals surface area contributed by atoms with Crippen LogP contribution in [0.15, 0.2) is 79.3 Å². The van der Waals surface area contributed by atoms with Crippen LogP contribution in [0, 0.1) is 10.1 Å². The predicted octanol–water partition coefficient (Wildman–Crippen LogP) is 4.86. The van der Waals surface area contributed by atoms with Crippen LogP contribution < -0.4 is 14.9 Å². The number of hydrogen-bond donors (Lipinski definition) is 1. The number of esters is 1. The molecular formula is C22H15Br2N3O7. The Morgan fingerprint density at radius 2 is 1.94 bits per heavy atom. The number of hydrazone groups is 1. The summed E-state index contributed by atoms with van der Waals surface area (Å²) in [6.45, 7) is -0.383. The quantitative estimate of drug-likeness (QED) is 0.0936. The Hall–Kier alpha value is -3.77. The molecule has 0 aliphatic rings. The molecule has 0 radical (unpaired) electrons. The van der Waals surface area contributed by atoms with Gasteiger partial charge in [0.25, 0.3) is 11.6 Å². The number of halogens is 2. The molecule has 1 N–H and O–H groups in total. The number of carbonyl (C=O) groups is 2. The zero-order chi connectivity index (χ0) is 24.5. The summed E-state index contributed by atoms with van der Waals surface area (Å²) in [4.78, 5) is 34.4.